The van der Waals surface area contributed by atoms with Gasteiger partial charge in [0.05, 0.1) is 31.9 Å². The summed E-state index contributed by atoms with van der Waals surface area (Å²) in [6.45, 7) is 9.34. The summed E-state index contributed by atoms with van der Waals surface area (Å²) in [5.41, 5.74) is 1.70. The van der Waals surface area contributed by atoms with Crippen LogP contribution in [0.15, 0.2) is 12.1 Å². The summed E-state index contributed by atoms with van der Waals surface area (Å²) in [5, 5.41) is 13.1. The van der Waals surface area contributed by atoms with Crippen molar-refractivity contribution < 1.29 is 23.8 Å². The number of nitriles is 1. The molecule has 1 aliphatic heterocycles. The van der Waals surface area contributed by atoms with Crippen LogP contribution in [-0.2, 0) is 17.8 Å². The first-order valence-corrected chi connectivity index (χ1v) is 11.4. The van der Waals surface area contributed by atoms with Crippen LogP contribution in [0.2, 0.25) is 0 Å². The molecule has 0 spiro atoms. The molecule has 2 amide bonds. The van der Waals surface area contributed by atoms with Gasteiger partial charge < -0.3 is 24.4 Å². The number of rotatable bonds is 8. The van der Waals surface area contributed by atoms with E-state index in [4.69, 9.17) is 14.2 Å². The number of amides is 2. The minimum atomic E-state index is -0.381. The van der Waals surface area contributed by atoms with Crippen molar-refractivity contribution in [3.63, 3.8) is 0 Å². The Morgan fingerprint density at radius 1 is 1.12 bits per heavy atom. The quantitative estimate of drug-likeness (QED) is 0.644. The van der Waals surface area contributed by atoms with Crippen molar-refractivity contribution in [3.05, 3.63) is 33.7 Å². The number of thiophene rings is 1. The summed E-state index contributed by atoms with van der Waals surface area (Å²) in [6.07, 6.45) is 0.593. The van der Waals surface area contributed by atoms with E-state index in [1.54, 1.807) is 17.0 Å². The van der Waals surface area contributed by atoms with E-state index < -0.39 is 0 Å². The fraction of sp³-hybridized carbons (Fsp3) is 0.435. The predicted octanol–water partition coefficient (Wildman–Crippen LogP) is 3.97. The van der Waals surface area contributed by atoms with E-state index in [2.05, 4.69) is 11.4 Å². The largest absolute Gasteiger partial charge is 0.490 e. The topological polar surface area (TPSA) is 101 Å². The van der Waals surface area contributed by atoms with Crippen molar-refractivity contribution in [1.29, 1.82) is 5.26 Å². The van der Waals surface area contributed by atoms with Crippen molar-refractivity contribution in [2.75, 3.05) is 31.7 Å². The van der Waals surface area contributed by atoms with E-state index in [1.165, 1.54) is 18.3 Å². The van der Waals surface area contributed by atoms with E-state index in [1.807, 2.05) is 20.8 Å². The molecule has 0 unspecified atom stereocenters. The van der Waals surface area contributed by atoms with E-state index >= 15 is 0 Å². The van der Waals surface area contributed by atoms with Crippen LogP contribution in [0.25, 0.3) is 0 Å². The monoisotopic (exact) mass is 457 g/mol. The van der Waals surface area contributed by atoms with Gasteiger partial charge in [0.2, 0.25) is 11.7 Å². The molecule has 0 atom stereocenters. The fourth-order valence-electron chi connectivity index (χ4n) is 3.57. The van der Waals surface area contributed by atoms with E-state index in [0.29, 0.717) is 72.7 Å². The molecule has 0 aliphatic carbocycles. The molecule has 0 saturated carbocycles. The van der Waals surface area contributed by atoms with Crippen LogP contribution in [0.1, 0.15) is 54.1 Å². The third-order valence-corrected chi connectivity index (χ3v) is 6.14. The van der Waals surface area contributed by atoms with Crippen molar-refractivity contribution in [2.24, 2.45) is 0 Å². The van der Waals surface area contributed by atoms with Gasteiger partial charge >= 0.3 is 0 Å². The van der Waals surface area contributed by atoms with Crippen molar-refractivity contribution in [2.45, 2.75) is 40.7 Å². The highest BCUT2D eigenvalue weighted by molar-refractivity contribution is 7.16. The van der Waals surface area contributed by atoms with Gasteiger partial charge in [-0.3, -0.25) is 9.59 Å². The molecule has 0 saturated heterocycles. The Labute approximate surface area is 191 Å². The molecular formula is C23H27N3O5S. The van der Waals surface area contributed by atoms with E-state index in [9.17, 15) is 14.9 Å². The number of nitrogens with zero attached hydrogens (tertiary/aromatic N) is 2. The number of nitrogens with one attached hydrogen (secondary N) is 1. The summed E-state index contributed by atoms with van der Waals surface area (Å²) in [7, 11) is 0. The third kappa shape index (κ3) is 4.81. The Morgan fingerprint density at radius 3 is 2.28 bits per heavy atom. The molecule has 1 N–H and O–H groups in total. The molecule has 1 aliphatic rings. The Hall–Kier alpha value is -3.25. The average Bonchev–Trinajstić information content (AvgIpc) is 3.11. The molecule has 2 aromatic rings. The number of carbonyl (C=O) groups is 2. The molecule has 8 nitrogen and oxygen atoms in total. The SMILES string of the molecule is CCOc1cc(C(=O)Nc2sc3c(c2C#N)CCN(C(C)=O)C3)cc(OCC)c1OCC. The molecule has 1 aromatic carbocycles. The maximum absolute atomic E-state index is 13.1. The smallest absolute Gasteiger partial charge is 0.256 e. The molecule has 0 fully saturated rings. The van der Waals surface area contributed by atoms with Crippen LogP contribution in [-0.4, -0.2) is 43.1 Å². The highest BCUT2D eigenvalue weighted by atomic mass is 32.1. The van der Waals surface area contributed by atoms with Gasteiger partial charge in [-0.05, 0) is 44.9 Å². The van der Waals surface area contributed by atoms with Crippen LogP contribution in [0, 0.1) is 11.3 Å². The third-order valence-electron chi connectivity index (χ3n) is 5.01. The Balaban J connectivity index is 1.93. The summed E-state index contributed by atoms with van der Waals surface area (Å²) < 4.78 is 17.1. The zero-order chi connectivity index (χ0) is 23.3. The van der Waals surface area contributed by atoms with E-state index in [-0.39, 0.29) is 11.8 Å². The lowest BCUT2D eigenvalue weighted by Gasteiger charge is -2.25. The maximum atomic E-state index is 13.1. The fourth-order valence-corrected chi connectivity index (χ4v) is 4.78. The van der Waals surface area contributed by atoms with Gasteiger partial charge in [0.1, 0.15) is 11.1 Å². The Morgan fingerprint density at radius 2 is 1.75 bits per heavy atom. The van der Waals surface area contributed by atoms with Gasteiger partial charge in [-0.25, -0.2) is 0 Å². The van der Waals surface area contributed by atoms with Crippen molar-refractivity contribution in [1.82, 2.24) is 4.90 Å². The molecule has 1 aromatic heterocycles. The van der Waals surface area contributed by atoms with Gasteiger partial charge in [-0.2, -0.15) is 5.26 Å². The standard InChI is InChI=1S/C23H27N3O5S/c1-5-29-18-10-15(11-19(30-6-2)21(18)31-7-3)22(28)25-23-17(12-24)16-8-9-26(14(4)27)13-20(16)32-23/h10-11H,5-9,13H2,1-4H3,(H,25,28). The van der Waals surface area contributed by atoms with Crippen LogP contribution in [0.5, 0.6) is 17.2 Å². The molecular weight excluding hydrogens is 430 g/mol. The predicted molar refractivity (Wildman–Crippen MR) is 122 cm³/mol. The summed E-state index contributed by atoms with van der Waals surface area (Å²) in [5.74, 6) is 0.923. The van der Waals surface area contributed by atoms with Gasteiger partial charge in [-0.1, -0.05) is 0 Å². The minimum absolute atomic E-state index is 0.00515. The van der Waals surface area contributed by atoms with Gasteiger partial charge in [0.25, 0.3) is 5.91 Å². The molecule has 3 rings (SSSR count). The molecule has 32 heavy (non-hydrogen) atoms. The average molecular weight is 458 g/mol. The number of anilines is 1. The van der Waals surface area contributed by atoms with Gasteiger partial charge in [0, 0.05) is 23.9 Å². The van der Waals surface area contributed by atoms with Crippen molar-refractivity contribution >= 4 is 28.2 Å². The molecule has 9 heteroatoms. The number of hydrogen-bond acceptors (Lipinski definition) is 7. The number of hydrogen-bond donors (Lipinski definition) is 1. The molecule has 2 heterocycles. The minimum Gasteiger partial charge on any atom is -0.490 e. The van der Waals surface area contributed by atoms with Crippen molar-refractivity contribution in [3.8, 4) is 23.3 Å². The number of fused-ring (bicyclic) bond motifs is 1. The molecule has 0 bridgehead atoms. The number of benzene rings is 1. The second-order valence-electron chi connectivity index (χ2n) is 7.07. The Kier molecular flexibility index (Phi) is 7.59. The van der Waals surface area contributed by atoms with Crippen LogP contribution in [0.3, 0.4) is 0 Å². The normalized spacial score (nSPS) is 12.5. The number of ether oxygens (including phenoxy) is 3. The second kappa shape index (κ2) is 10.4. The summed E-state index contributed by atoms with van der Waals surface area (Å²) >= 11 is 1.34. The zero-order valence-corrected chi connectivity index (χ0v) is 19.6. The molecule has 170 valence electrons. The molecule has 0 radical (unpaired) electrons. The highest BCUT2D eigenvalue weighted by Crippen LogP contribution is 2.40. The van der Waals surface area contributed by atoms with E-state index in [0.717, 1.165) is 10.4 Å². The highest BCUT2D eigenvalue weighted by Gasteiger charge is 2.27. The van der Waals surface area contributed by atoms with Crippen LogP contribution < -0.4 is 19.5 Å². The first-order valence-electron chi connectivity index (χ1n) is 10.6. The number of carbonyl (C=O) groups excluding carboxylic acids is 2. The first-order chi connectivity index (χ1) is 15.4. The zero-order valence-electron chi connectivity index (χ0n) is 18.7. The van der Waals surface area contributed by atoms with Gasteiger partial charge in [-0.15, -0.1) is 11.3 Å². The van der Waals surface area contributed by atoms with Crippen LogP contribution >= 0.6 is 11.3 Å². The Bertz CT molecular complexity index is 1030. The lowest BCUT2D eigenvalue weighted by atomic mass is 10.0. The second-order valence-corrected chi connectivity index (χ2v) is 8.17. The summed E-state index contributed by atoms with van der Waals surface area (Å²) in [6, 6.07) is 5.45. The van der Waals surface area contributed by atoms with Crippen LogP contribution in [0.4, 0.5) is 5.00 Å². The lowest BCUT2D eigenvalue weighted by Crippen LogP contribution is -2.33. The summed E-state index contributed by atoms with van der Waals surface area (Å²) in [4.78, 5) is 27.5. The lowest BCUT2D eigenvalue weighted by molar-refractivity contribution is -0.129. The maximum Gasteiger partial charge on any atom is 0.256 e. The van der Waals surface area contributed by atoms with Gasteiger partial charge in [0.15, 0.2) is 11.5 Å². The first kappa shape index (κ1) is 23.4.